The van der Waals surface area contributed by atoms with Gasteiger partial charge in [-0.25, -0.2) is 4.39 Å². The zero-order valence-corrected chi connectivity index (χ0v) is 20.3. The molecule has 1 atom stereocenters. The number of alkyl halides is 1. The number of aliphatic hydroxyl groups excluding tert-OH is 1. The van der Waals surface area contributed by atoms with Gasteiger partial charge in [-0.15, -0.1) is 11.3 Å². The summed E-state index contributed by atoms with van der Waals surface area (Å²) in [4.78, 5) is 7.70. The Labute approximate surface area is 203 Å². The molecule has 1 unspecified atom stereocenters. The molecule has 3 heterocycles. The zero-order chi connectivity index (χ0) is 23.3. The Kier molecular flexibility index (Phi) is 7.87. The lowest BCUT2D eigenvalue weighted by molar-refractivity contribution is 0.0344. The van der Waals surface area contributed by atoms with Crippen LogP contribution >= 0.6 is 22.9 Å². The summed E-state index contributed by atoms with van der Waals surface area (Å²) in [6.45, 7) is 2.48. The number of thiophene rings is 1. The van der Waals surface area contributed by atoms with Crippen LogP contribution in [0.2, 0.25) is 5.02 Å². The van der Waals surface area contributed by atoms with Crippen LogP contribution in [0.1, 0.15) is 42.3 Å². The van der Waals surface area contributed by atoms with Gasteiger partial charge >= 0.3 is 0 Å². The van der Waals surface area contributed by atoms with Crippen LogP contribution in [-0.2, 0) is 0 Å². The van der Waals surface area contributed by atoms with E-state index in [1.54, 1.807) is 30.6 Å². The summed E-state index contributed by atoms with van der Waals surface area (Å²) in [5, 5.41) is 13.2. The topological polar surface area (TPSA) is 45.6 Å². The molecule has 0 saturated carbocycles. The first-order valence-electron chi connectivity index (χ1n) is 11.2. The number of pyridine rings is 1. The van der Waals surface area contributed by atoms with E-state index in [0.717, 1.165) is 30.8 Å². The average Bonchev–Trinajstić information content (AvgIpc) is 3.36. The number of piperidine rings is 1. The molecule has 1 fully saturated rings. The average molecular weight is 487 g/mol. The van der Waals surface area contributed by atoms with Crippen LogP contribution < -0.4 is 4.74 Å². The van der Waals surface area contributed by atoms with Gasteiger partial charge in [-0.05, 0) is 73.8 Å². The normalized spacial score (nSPS) is 16.8. The van der Waals surface area contributed by atoms with Gasteiger partial charge in [-0.1, -0.05) is 29.5 Å². The number of nitrogens with zero attached hydrogens (tertiary/aromatic N) is 2. The highest BCUT2D eigenvalue weighted by atomic mass is 35.5. The van der Waals surface area contributed by atoms with Crippen molar-refractivity contribution in [2.24, 2.45) is 5.41 Å². The number of aliphatic hydroxyl groups is 1. The van der Waals surface area contributed by atoms with Crippen LogP contribution in [0.3, 0.4) is 0 Å². The monoisotopic (exact) mass is 486 g/mol. The highest BCUT2D eigenvalue weighted by Crippen LogP contribution is 2.41. The number of hydrogen-bond donors (Lipinski definition) is 1. The van der Waals surface area contributed by atoms with E-state index >= 15 is 4.39 Å². The number of rotatable bonds is 7. The van der Waals surface area contributed by atoms with Crippen molar-refractivity contribution in [2.45, 2.75) is 31.9 Å². The van der Waals surface area contributed by atoms with E-state index in [1.807, 2.05) is 23.6 Å². The summed E-state index contributed by atoms with van der Waals surface area (Å²) in [6.07, 6.45) is 2.83. The number of likely N-dealkylation sites (tertiary alicyclic amines) is 1. The fourth-order valence-electron chi connectivity index (χ4n) is 4.45. The smallest absolute Gasteiger partial charge is 0.127 e. The van der Waals surface area contributed by atoms with Gasteiger partial charge in [0.15, 0.2) is 0 Å². The number of fused-ring (bicyclic) bond motifs is 1. The van der Waals surface area contributed by atoms with Crippen LogP contribution in [0, 0.1) is 17.3 Å². The van der Waals surface area contributed by atoms with Crippen molar-refractivity contribution in [3.63, 3.8) is 0 Å². The maximum atomic E-state index is 15.5. The predicted octanol–water partition coefficient (Wildman–Crippen LogP) is 5.88. The summed E-state index contributed by atoms with van der Waals surface area (Å²) < 4.78 is 20.8. The predicted molar refractivity (Wildman–Crippen MR) is 133 cm³/mol. The molecule has 0 amide bonds. The molecule has 33 heavy (non-hydrogen) atoms. The maximum absolute atomic E-state index is 15.5. The molecule has 1 saturated heterocycles. The second kappa shape index (κ2) is 10.8. The van der Waals surface area contributed by atoms with Gasteiger partial charge < -0.3 is 9.84 Å². The Balaban J connectivity index is 1.39. The van der Waals surface area contributed by atoms with Crippen molar-refractivity contribution in [1.82, 2.24) is 9.88 Å². The lowest BCUT2D eigenvalue weighted by Gasteiger charge is -2.40. The van der Waals surface area contributed by atoms with Crippen LogP contribution in [0.25, 0.3) is 10.9 Å². The van der Waals surface area contributed by atoms with E-state index in [9.17, 15) is 5.11 Å². The van der Waals surface area contributed by atoms with Gasteiger partial charge in [0, 0.05) is 23.8 Å². The van der Waals surface area contributed by atoms with Gasteiger partial charge in [0.25, 0.3) is 0 Å². The Morgan fingerprint density at radius 1 is 1.33 bits per heavy atom. The maximum Gasteiger partial charge on any atom is 0.127 e. The molecule has 2 aromatic heterocycles. The van der Waals surface area contributed by atoms with Crippen LogP contribution in [-0.4, -0.2) is 48.3 Å². The number of halogens is 2. The molecule has 4 nitrogen and oxygen atoms in total. The SMILES string of the molecule is COc1ccc2ncc(Cl)c(C(F)CCC3(CO)CCN(CC#Cc4cccs4)CC3)c2c1. The van der Waals surface area contributed by atoms with E-state index < -0.39 is 6.17 Å². The van der Waals surface area contributed by atoms with E-state index in [-0.39, 0.29) is 12.0 Å². The van der Waals surface area contributed by atoms with Crippen molar-refractivity contribution >= 4 is 33.8 Å². The van der Waals surface area contributed by atoms with Gasteiger partial charge in [0.1, 0.15) is 11.9 Å². The fourth-order valence-corrected chi connectivity index (χ4v) is 5.31. The minimum Gasteiger partial charge on any atom is -0.497 e. The molecule has 1 aliphatic rings. The molecule has 0 aliphatic carbocycles. The number of aromatic nitrogens is 1. The van der Waals surface area contributed by atoms with E-state index in [1.165, 1.54) is 6.20 Å². The molecular weight excluding hydrogens is 459 g/mol. The van der Waals surface area contributed by atoms with E-state index in [0.29, 0.717) is 46.6 Å². The first-order valence-corrected chi connectivity index (χ1v) is 12.4. The molecule has 4 rings (SSSR count). The largest absolute Gasteiger partial charge is 0.497 e. The molecule has 7 heteroatoms. The standard InChI is InChI=1S/C26H28ClFN2O2S/c1-32-19-6-7-24-21(16-19)25(22(27)17-29-24)23(28)8-9-26(18-31)10-13-30(14-11-26)12-2-4-20-5-3-15-33-20/h3,5-7,15-17,23,31H,8-14,18H2,1H3. The molecule has 1 aromatic carbocycles. The number of hydrogen-bond acceptors (Lipinski definition) is 5. The number of methoxy groups -OCH3 is 1. The molecule has 0 bridgehead atoms. The first-order chi connectivity index (χ1) is 16.0. The Morgan fingerprint density at radius 3 is 2.85 bits per heavy atom. The third kappa shape index (κ3) is 5.67. The van der Waals surface area contributed by atoms with Crippen LogP contribution in [0.4, 0.5) is 4.39 Å². The van der Waals surface area contributed by atoms with Gasteiger partial charge in [-0.3, -0.25) is 9.88 Å². The van der Waals surface area contributed by atoms with Crippen molar-refractivity contribution in [1.29, 1.82) is 0 Å². The van der Waals surface area contributed by atoms with E-state index in [4.69, 9.17) is 16.3 Å². The van der Waals surface area contributed by atoms with Crippen LogP contribution in [0.15, 0.2) is 41.9 Å². The highest BCUT2D eigenvalue weighted by molar-refractivity contribution is 7.10. The highest BCUT2D eigenvalue weighted by Gasteiger charge is 2.35. The Hall–Kier alpha value is -2.17. The molecule has 174 valence electrons. The molecule has 3 aromatic rings. The van der Waals surface area contributed by atoms with Crippen molar-refractivity contribution in [3.05, 3.63) is 57.4 Å². The Bertz CT molecular complexity index is 1130. The third-order valence-corrected chi connectivity index (χ3v) is 7.68. The van der Waals surface area contributed by atoms with E-state index in [2.05, 4.69) is 21.7 Å². The molecule has 0 spiro atoms. The molecule has 1 aliphatic heterocycles. The van der Waals surface area contributed by atoms with Crippen molar-refractivity contribution < 1.29 is 14.2 Å². The second-order valence-corrected chi connectivity index (χ2v) is 9.98. The van der Waals surface area contributed by atoms with Crippen molar-refractivity contribution in [3.8, 4) is 17.6 Å². The summed E-state index contributed by atoms with van der Waals surface area (Å²) in [5.41, 5.74) is 0.872. The first kappa shape index (κ1) is 24.0. The lowest BCUT2D eigenvalue weighted by Crippen LogP contribution is -2.42. The minimum absolute atomic E-state index is 0.0626. The molecular formula is C26H28ClFN2O2S. The minimum atomic E-state index is -1.24. The van der Waals surface area contributed by atoms with Crippen LogP contribution in [0.5, 0.6) is 5.75 Å². The summed E-state index contributed by atoms with van der Waals surface area (Å²) in [7, 11) is 1.58. The summed E-state index contributed by atoms with van der Waals surface area (Å²) in [6, 6.07) is 9.42. The molecule has 0 radical (unpaired) electrons. The lowest BCUT2D eigenvalue weighted by atomic mass is 9.74. The Morgan fingerprint density at radius 2 is 2.15 bits per heavy atom. The number of benzene rings is 1. The van der Waals surface area contributed by atoms with Crippen molar-refractivity contribution in [2.75, 3.05) is 33.4 Å². The summed E-state index contributed by atoms with van der Waals surface area (Å²) >= 11 is 8.02. The third-order valence-electron chi connectivity index (χ3n) is 6.60. The van der Waals surface area contributed by atoms with Gasteiger partial charge in [-0.2, -0.15) is 0 Å². The second-order valence-electron chi connectivity index (χ2n) is 8.62. The summed E-state index contributed by atoms with van der Waals surface area (Å²) in [5.74, 6) is 7.07. The number of ether oxygens (including phenoxy) is 1. The molecule has 1 N–H and O–H groups in total. The van der Waals surface area contributed by atoms with Gasteiger partial charge in [0.05, 0.1) is 29.1 Å². The quantitative estimate of drug-likeness (QED) is 0.424. The van der Waals surface area contributed by atoms with Gasteiger partial charge in [0.2, 0.25) is 0 Å². The zero-order valence-electron chi connectivity index (χ0n) is 18.7. The fraction of sp³-hybridized carbons (Fsp3) is 0.423.